The van der Waals surface area contributed by atoms with Crippen LogP contribution in [0.4, 0.5) is 0 Å². The van der Waals surface area contributed by atoms with Gasteiger partial charge < -0.3 is 0 Å². The van der Waals surface area contributed by atoms with E-state index in [0.29, 0.717) is 12.8 Å². The zero-order valence-electron chi connectivity index (χ0n) is 14.4. The molecule has 0 saturated heterocycles. The summed E-state index contributed by atoms with van der Waals surface area (Å²) in [5.41, 5.74) is 3.53. The lowest BCUT2D eigenvalue weighted by Gasteiger charge is -2.55. The third kappa shape index (κ3) is 2.85. The maximum absolute atomic E-state index is 12.9. The molecular weight excluding hydrogens is 288 g/mol. The Morgan fingerprint density at radius 3 is 2.13 bits per heavy atom. The maximum Gasteiger partial charge on any atom is 0.246 e. The lowest BCUT2D eigenvalue weighted by Crippen LogP contribution is -2.53. The van der Waals surface area contributed by atoms with Gasteiger partial charge in [0.25, 0.3) is 0 Å². The number of ketones is 1. The Morgan fingerprint density at radius 2 is 1.61 bits per heavy atom. The fourth-order valence-corrected chi connectivity index (χ4v) is 6.22. The van der Waals surface area contributed by atoms with Crippen LogP contribution in [0.15, 0.2) is 5.10 Å². The fraction of sp³-hybridized carbons (Fsp3) is 0.842. The highest BCUT2D eigenvalue weighted by atomic mass is 16.2. The molecule has 4 nitrogen and oxygen atoms in total. The number of nitrogens with zero attached hydrogens (tertiary/aromatic N) is 1. The Morgan fingerprint density at radius 1 is 1.04 bits per heavy atom. The lowest BCUT2D eigenvalue weighted by atomic mass is 9.49. The monoisotopic (exact) mass is 316 g/mol. The van der Waals surface area contributed by atoms with E-state index >= 15 is 0 Å². The summed E-state index contributed by atoms with van der Waals surface area (Å²) in [4.78, 5) is 24.7. The Kier molecular flexibility index (Phi) is 3.44. The molecule has 0 aromatic heterocycles. The molecular formula is C19H28N2O2. The van der Waals surface area contributed by atoms with Gasteiger partial charge in [-0.1, -0.05) is 13.8 Å². The van der Waals surface area contributed by atoms with E-state index in [-0.39, 0.29) is 22.5 Å². The van der Waals surface area contributed by atoms with E-state index in [0.717, 1.165) is 49.1 Å². The average Bonchev–Trinajstić information content (AvgIpc) is 2.41. The van der Waals surface area contributed by atoms with Gasteiger partial charge in [-0.05, 0) is 68.1 Å². The number of hydrogen-bond acceptors (Lipinski definition) is 3. The molecule has 5 rings (SSSR count). The minimum Gasteiger partial charge on any atom is -0.299 e. The van der Waals surface area contributed by atoms with Crippen LogP contribution in [0.5, 0.6) is 0 Å². The van der Waals surface area contributed by atoms with Gasteiger partial charge in [0.1, 0.15) is 5.78 Å². The van der Waals surface area contributed by atoms with Gasteiger partial charge in [0.2, 0.25) is 5.91 Å². The topological polar surface area (TPSA) is 58.5 Å². The summed E-state index contributed by atoms with van der Waals surface area (Å²) in [7, 11) is 0. The van der Waals surface area contributed by atoms with E-state index in [4.69, 9.17) is 0 Å². The Bertz CT molecular complexity index is 541. The highest BCUT2D eigenvalue weighted by Crippen LogP contribution is 2.60. The van der Waals surface area contributed by atoms with Crippen LogP contribution in [-0.4, -0.2) is 17.4 Å². The highest BCUT2D eigenvalue weighted by Gasteiger charge is 2.54. The zero-order valence-corrected chi connectivity index (χ0v) is 14.4. The van der Waals surface area contributed by atoms with Gasteiger partial charge in [-0.15, -0.1) is 0 Å². The van der Waals surface area contributed by atoms with Crippen molar-refractivity contribution in [3.8, 4) is 0 Å². The molecule has 4 bridgehead atoms. The number of Topliss-reactive ketones (excluding diaryl/α,β-unsaturated/α-hetero) is 1. The Hall–Kier alpha value is -1.19. The van der Waals surface area contributed by atoms with E-state index in [1.54, 1.807) is 0 Å². The number of hydrogen-bond donors (Lipinski definition) is 1. The van der Waals surface area contributed by atoms with Crippen molar-refractivity contribution in [2.45, 2.75) is 71.6 Å². The summed E-state index contributed by atoms with van der Waals surface area (Å²) in [6, 6.07) is 0. The summed E-state index contributed by atoms with van der Waals surface area (Å²) in [5, 5.41) is 4.38. The predicted octanol–water partition coefficient (Wildman–Crippen LogP) is 3.45. The predicted molar refractivity (Wildman–Crippen MR) is 88.8 cm³/mol. The first-order valence-corrected chi connectivity index (χ1v) is 9.21. The lowest BCUT2D eigenvalue weighted by molar-refractivity contribution is -0.146. The molecule has 0 heterocycles. The minimum absolute atomic E-state index is 0.0282. The third-order valence-corrected chi connectivity index (χ3v) is 6.60. The second kappa shape index (κ2) is 5.15. The fourth-order valence-electron chi connectivity index (χ4n) is 6.22. The van der Waals surface area contributed by atoms with Crippen LogP contribution in [0.1, 0.15) is 71.6 Å². The maximum atomic E-state index is 12.9. The number of amides is 1. The molecule has 5 aliphatic carbocycles. The molecule has 0 atom stereocenters. The van der Waals surface area contributed by atoms with E-state index in [1.165, 1.54) is 19.3 Å². The zero-order chi connectivity index (χ0) is 16.2. The molecule has 0 aromatic rings. The van der Waals surface area contributed by atoms with Gasteiger partial charge in [0.05, 0.1) is 5.41 Å². The van der Waals surface area contributed by atoms with Crippen LogP contribution in [0.25, 0.3) is 0 Å². The molecule has 4 heteroatoms. The van der Waals surface area contributed by atoms with Gasteiger partial charge in [0, 0.05) is 18.6 Å². The third-order valence-electron chi connectivity index (χ3n) is 6.60. The van der Waals surface area contributed by atoms with Crippen LogP contribution in [0.3, 0.4) is 0 Å². The van der Waals surface area contributed by atoms with Crippen LogP contribution < -0.4 is 5.43 Å². The van der Waals surface area contributed by atoms with Gasteiger partial charge in [-0.25, -0.2) is 5.43 Å². The molecule has 5 fully saturated rings. The molecule has 0 aromatic carbocycles. The van der Waals surface area contributed by atoms with Crippen molar-refractivity contribution in [2.75, 3.05) is 0 Å². The van der Waals surface area contributed by atoms with Gasteiger partial charge in [-0.3, -0.25) is 9.59 Å². The van der Waals surface area contributed by atoms with E-state index < -0.39 is 0 Å². The molecule has 23 heavy (non-hydrogen) atoms. The summed E-state index contributed by atoms with van der Waals surface area (Å²) in [6.45, 7) is 4.20. The normalized spacial score (nSPS) is 43.0. The second-order valence-corrected chi connectivity index (χ2v) is 9.55. The Balaban J connectivity index is 1.46. The molecule has 5 aliphatic rings. The van der Waals surface area contributed by atoms with E-state index in [1.807, 2.05) is 0 Å². The largest absolute Gasteiger partial charge is 0.299 e. The molecule has 126 valence electrons. The first-order chi connectivity index (χ1) is 10.8. The van der Waals surface area contributed by atoms with Crippen molar-refractivity contribution in [3.05, 3.63) is 0 Å². The van der Waals surface area contributed by atoms with Crippen molar-refractivity contribution in [2.24, 2.45) is 33.7 Å². The van der Waals surface area contributed by atoms with Gasteiger partial charge >= 0.3 is 0 Å². The van der Waals surface area contributed by atoms with Crippen LogP contribution >= 0.6 is 0 Å². The Labute approximate surface area is 138 Å². The highest BCUT2D eigenvalue weighted by molar-refractivity contribution is 6.05. The van der Waals surface area contributed by atoms with Gasteiger partial charge in [0.15, 0.2) is 0 Å². The SMILES string of the molecule is CC1(C)CC(=O)CC(=NNC(=O)C23CC4CC(CC(C4)C2)C3)C1. The quantitative estimate of drug-likeness (QED) is 0.793. The van der Waals surface area contributed by atoms with Gasteiger partial charge in [-0.2, -0.15) is 5.10 Å². The van der Waals surface area contributed by atoms with Crippen LogP contribution in [0, 0.1) is 28.6 Å². The first kappa shape index (κ1) is 15.3. The van der Waals surface area contributed by atoms with Crippen LogP contribution in [0.2, 0.25) is 0 Å². The van der Waals surface area contributed by atoms with Crippen molar-refractivity contribution in [1.29, 1.82) is 0 Å². The molecule has 1 N–H and O–H groups in total. The molecule has 1 amide bonds. The van der Waals surface area contributed by atoms with Crippen LogP contribution in [-0.2, 0) is 9.59 Å². The molecule has 5 saturated carbocycles. The second-order valence-electron chi connectivity index (χ2n) is 9.55. The molecule has 0 radical (unpaired) electrons. The minimum atomic E-state index is -0.160. The summed E-state index contributed by atoms with van der Waals surface area (Å²) < 4.78 is 0. The summed E-state index contributed by atoms with van der Waals surface area (Å²) in [5.74, 6) is 2.64. The van der Waals surface area contributed by atoms with Crippen molar-refractivity contribution in [1.82, 2.24) is 5.43 Å². The average molecular weight is 316 g/mol. The number of nitrogens with one attached hydrogen (secondary N) is 1. The van der Waals surface area contributed by atoms with Crippen molar-refractivity contribution in [3.63, 3.8) is 0 Å². The number of carbonyl (C=O) groups is 2. The number of carbonyl (C=O) groups excluding carboxylic acids is 2. The summed E-state index contributed by atoms with van der Waals surface area (Å²) in [6.07, 6.45) is 9.01. The number of hydrazone groups is 1. The molecule has 0 unspecified atom stereocenters. The number of rotatable bonds is 2. The van der Waals surface area contributed by atoms with Crippen molar-refractivity contribution < 1.29 is 9.59 Å². The first-order valence-electron chi connectivity index (χ1n) is 9.21. The van der Waals surface area contributed by atoms with E-state index in [2.05, 4.69) is 24.4 Å². The molecule has 0 aliphatic heterocycles. The molecule has 0 spiro atoms. The smallest absolute Gasteiger partial charge is 0.246 e. The summed E-state index contributed by atoms with van der Waals surface area (Å²) >= 11 is 0. The van der Waals surface area contributed by atoms with Crippen molar-refractivity contribution >= 4 is 17.4 Å². The standard InChI is InChI=1S/C19H28N2O2/c1-18(2)10-15(6-16(22)11-18)20-21-17(23)19-7-12-3-13(8-19)5-14(4-12)9-19/h12-14H,3-11H2,1-2H3,(H,21,23). The van der Waals surface area contributed by atoms with E-state index in [9.17, 15) is 9.59 Å².